The third-order valence-electron chi connectivity index (χ3n) is 4.25. The van der Waals surface area contributed by atoms with Crippen molar-refractivity contribution in [2.24, 2.45) is 0 Å². The topological polar surface area (TPSA) is 46.6 Å². The molecule has 0 N–H and O–H groups in total. The van der Waals surface area contributed by atoms with Gasteiger partial charge < -0.3 is 4.74 Å². The first-order chi connectivity index (χ1) is 11.4. The Balaban J connectivity index is 1.90. The summed E-state index contributed by atoms with van der Waals surface area (Å²) in [5.41, 5.74) is 0.895. The van der Waals surface area contributed by atoms with Crippen LogP contribution in [-0.4, -0.2) is 32.9 Å². The second-order valence-electron chi connectivity index (χ2n) is 5.64. The lowest BCUT2D eigenvalue weighted by atomic mass is 9.97. The van der Waals surface area contributed by atoms with E-state index in [1.165, 1.54) is 0 Å². The summed E-state index contributed by atoms with van der Waals surface area (Å²) in [6, 6.07) is 10.4. The molecule has 2 aromatic carbocycles. The van der Waals surface area contributed by atoms with Gasteiger partial charge in [-0.3, -0.25) is 0 Å². The molecule has 1 atom stereocenters. The van der Waals surface area contributed by atoms with Gasteiger partial charge in [0.25, 0.3) is 0 Å². The Morgan fingerprint density at radius 1 is 1.08 bits per heavy atom. The van der Waals surface area contributed by atoms with Crippen LogP contribution in [0.4, 0.5) is 8.78 Å². The van der Waals surface area contributed by atoms with Crippen LogP contribution in [0.15, 0.2) is 47.4 Å². The van der Waals surface area contributed by atoms with Crippen LogP contribution in [0.3, 0.4) is 0 Å². The highest BCUT2D eigenvalue weighted by molar-refractivity contribution is 7.89. The lowest BCUT2D eigenvalue weighted by Gasteiger charge is -2.18. The zero-order chi connectivity index (χ0) is 17.3. The summed E-state index contributed by atoms with van der Waals surface area (Å²) in [6.45, 7) is 0.370. The molecular weight excluding hydrogens is 336 g/mol. The van der Waals surface area contributed by atoms with E-state index in [0.717, 1.165) is 28.1 Å². The van der Waals surface area contributed by atoms with Crippen LogP contribution in [0, 0.1) is 11.6 Å². The van der Waals surface area contributed by atoms with Gasteiger partial charge in [0.05, 0.1) is 7.11 Å². The smallest absolute Gasteiger partial charge is 0.248 e. The lowest BCUT2D eigenvalue weighted by molar-refractivity contribution is 0.404. The molecule has 0 aromatic heterocycles. The number of ether oxygens (including phenoxy) is 1. The molecule has 1 aliphatic heterocycles. The molecule has 0 aliphatic carbocycles. The van der Waals surface area contributed by atoms with Crippen molar-refractivity contribution in [1.29, 1.82) is 0 Å². The van der Waals surface area contributed by atoms with Crippen LogP contribution in [0.25, 0.3) is 0 Å². The van der Waals surface area contributed by atoms with Gasteiger partial charge in [0.15, 0.2) is 4.90 Å². The maximum atomic E-state index is 13.9. The van der Waals surface area contributed by atoms with Gasteiger partial charge in [-0.05, 0) is 30.2 Å². The van der Waals surface area contributed by atoms with Gasteiger partial charge >= 0.3 is 0 Å². The maximum absolute atomic E-state index is 13.9. The van der Waals surface area contributed by atoms with Gasteiger partial charge in [-0.1, -0.05) is 24.3 Å². The number of hydrogen-bond acceptors (Lipinski definition) is 3. The first kappa shape index (κ1) is 16.9. The Hall–Kier alpha value is -1.99. The van der Waals surface area contributed by atoms with Crippen LogP contribution < -0.4 is 4.74 Å². The van der Waals surface area contributed by atoms with E-state index in [9.17, 15) is 17.2 Å². The van der Waals surface area contributed by atoms with Crippen LogP contribution in [0.1, 0.15) is 17.9 Å². The molecular formula is C17H17F2NO3S. The summed E-state index contributed by atoms with van der Waals surface area (Å²) < 4.78 is 59.4. The number of nitrogens with zero attached hydrogens (tertiary/aromatic N) is 1. The average molecular weight is 353 g/mol. The molecule has 4 nitrogen and oxygen atoms in total. The summed E-state index contributed by atoms with van der Waals surface area (Å²) in [4.78, 5) is -0.884. The fraction of sp³-hybridized carbons (Fsp3) is 0.294. The average Bonchev–Trinajstić information content (AvgIpc) is 3.05. The first-order valence-corrected chi connectivity index (χ1v) is 8.96. The van der Waals surface area contributed by atoms with Crippen molar-refractivity contribution < 1.29 is 21.9 Å². The highest BCUT2D eigenvalue weighted by Gasteiger charge is 2.37. The molecule has 0 amide bonds. The standard InChI is InChI=1S/C17H17F2NO3S/c1-23-16-8-3-2-5-13(16)12-9-10-20(11-12)24(21,22)17-14(18)6-4-7-15(17)19/h2-8,12H,9-11H2,1H3/t12-/m0/s1. The van der Waals surface area contributed by atoms with E-state index < -0.39 is 26.6 Å². The molecule has 0 bridgehead atoms. The number of rotatable bonds is 4. The first-order valence-electron chi connectivity index (χ1n) is 7.52. The number of methoxy groups -OCH3 is 1. The molecule has 0 unspecified atom stereocenters. The largest absolute Gasteiger partial charge is 0.496 e. The normalized spacial score (nSPS) is 18.7. The number of halogens is 2. The van der Waals surface area contributed by atoms with Crippen molar-refractivity contribution in [3.05, 3.63) is 59.7 Å². The van der Waals surface area contributed by atoms with Gasteiger partial charge in [0.1, 0.15) is 17.4 Å². The zero-order valence-corrected chi connectivity index (χ0v) is 13.9. The molecule has 0 spiro atoms. The van der Waals surface area contributed by atoms with Crippen molar-refractivity contribution in [3.8, 4) is 5.75 Å². The van der Waals surface area contributed by atoms with Gasteiger partial charge in [-0.2, -0.15) is 4.31 Å². The van der Waals surface area contributed by atoms with E-state index in [4.69, 9.17) is 4.74 Å². The molecule has 1 heterocycles. The molecule has 0 saturated carbocycles. The SMILES string of the molecule is COc1ccccc1[C@H]1CCN(S(=O)(=O)c2c(F)cccc2F)C1. The third-order valence-corrected chi connectivity index (χ3v) is 6.16. The highest BCUT2D eigenvalue weighted by atomic mass is 32.2. The molecule has 3 rings (SSSR count). The number of benzene rings is 2. The van der Waals surface area contributed by atoms with E-state index in [2.05, 4.69) is 0 Å². The van der Waals surface area contributed by atoms with E-state index in [0.29, 0.717) is 12.2 Å². The van der Waals surface area contributed by atoms with E-state index in [-0.39, 0.29) is 19.0 Å². The van der Waals surface area contributed by atoms with Gasteiger partial charge in [-0.25, -0.2) is 17.2 Å². The fourth-order valence-electron chi connectivity index (χ4n) is 3.06. The Morgan fingerprint density at radius 3 is 2.42 bits per heavy atom. The van der Waals surface area contributed by atoms with E-state index in [1.807, 2.05) is 24.3 Å². The second kappa shape index (κ2) is 6.49. The van der Waals surface area contributed by atoms with Gasteiger partial charge in [-0.15, -0.1) is 0 Å². The molecule has 1 fully saturated rings. The number of hydrogen-bond donors (Lipinski definition) is 0. The fourth-order valence-corrected chi connectivity index (χ4v) is 4.67. The maximum Gasteiger partial charge on any atom is 0.248 e. The van der Waals surface area contributed by atoms with Crippen LogP contribution in [0.2, 0.25) is 0 Å². The number of sulfonamides is 1. The zero-order valence-electron chi connectivity index (χ0n) is 13.1. The Labute approximate surface area is 139 Å². The molecule has 7 heteroatoms. The van der Waals surface area contributed by atoms with Gasteiger partial charge in [0, 0.05) is 19.0 Å². The summed E-state index contributed by atoms with van der Waals surface area (Å²) in [7, 11) is -2.67. The van der Waals surface area contributed by atoms with Crippen molar-refractivity contribution in [3.63, 3.8) is 0 Å². The number of para-hydroxylation sites is 1. The van der Waals surface area contributed by atoms with Crippen LogP contribution in [0.5, 0.6) is 5.75 Å². The summed E-state index contributed by atoms with van der Waals surface area (Å²) >= 11 is 0. The minimum Gasteiger partial charge on any atom is -0.496 e. The molecule has 24 heavy (non-hydrogen) atoms. The van der Waals surface area contributed by atoms with Crippen LogP contribution in [-0.2, 0) is 10.0 Å². The minimum atomic E-state index is -4.22. The van der Waals surface area contributed by atoms with E-state index in [1.54, 1.807) is 7.11 Å². The molecule has 1 aliphatic rings. The van der Waals surface area contributed by atoms with Crippen molar-refractivity contribution >= 4 is 10.0 Å². The highest BCUT2D eigenvalue weighted by Crippen LogP contribution is 2.36. The molecule has 2 aromatic rings. The minimum absolute atomic E-state index is 0.0780. The summed E-state index contributed by atoms with van der Waals surface area (Å²) in [6.07, 6.45) is 0.565. The molecule has 1 saturated heterocycles. The third kappa shape index (κ3) is 2.89. The summed E-state index contributed by atoms with van der Waals surface area (Å²) in [5.74, 6) is -1.55. The lowest BCUT2D eigenvalue weighted by Crippen LogP contribution is -2.30. The predicted molar refractivity (Wildman–Crippen MR) is 85.5 cm³/mol. The van der Waals surface area contributed by atoms with Gasteiger partial charge in [0.2, 0.25) is 10.0 Å². The second-order valence-corrected chi connectivity index (χ2v) is 7.52. The Kier molecular flexibility index (Phi) is 4.56. The molecule has 128 valence electrons. The van der Waals surface area contributed by atoms with Crippen molar-refractivity contribution in [1.82, 2.24) is 4.31 Å². The van der Waals surface area contributed by atoms with Crippen LogP contribution >= 0.6 is 0 Å². The predicted octanol–water partition coefficient (Wildman–Crippen LogP) is 3.15. The van der Waals surface area contributed by atoms with E-state index >= 15 is 0 Å². The monoisotopic (exact) mass is 353 g/mol. The summed E-state index contributed by atoms with van der Waals surface area (Å²) in [5, 5.41) is 0. The van der Waals surface area contributed by atoms with Crippen molar-refractivity contribution in [2.75, 3.05) is 20.2 Å². The molecule has 0 radical (unpaired) electrons. The Bertz CT molecular complexity index is 834. The quantitative estimate of drug-likeness (QED) is 0.848. The van der Waals surface area contributed by atoms with Crippen molar-refractivity contribution in [2.45, 2.75) is 17.2 Å². The Morgan fingerprint density at radius 2 is 1.75 bits per heavy atom.